The number of hydrogen-bond acceptors (Lipinski definition) is 7. The first-order valence-corrected chi connectivity index (χ1v) is 12.1. The molecule has 9 heteroatoms. The molecule has 0 N–H and O–H groups in total. The topological polar surface area (TPSA) is 82.8 Å². The molecule has 0 fully saturated rings. The maximum Gasteiger partial charge on any atom is 0.276 e. The molecule has 0 aliphatic rings. The molecule has 0 radical (unpaired) electrons. The molecule has 3 heterocycles. The average molecular weight is 526 g/mol. The van der Waals surface area contributed by atoms with Gasteiger partial charge in [0.25, 0.3) is 5.56 Å². The maximum absolute atomic E-state index is 13.2. The molecule has 4 rings (SSSR count). The van der Waals surface area contributed by atoms with Gasteiger partial charge in [0.15, 0.2) is 0 Å². The first-order valence-electron chi connectivity index (χ1n) is 10.4. The van der Waals surface area contributed by atoms with Crippen LogP contribution < -0.4 is 10.3 Å². The molecule has 0 saturated carbocycles. The fourth-order valence-electron chi connectivity index (χ4n) is 3.28. The Labute approximate surface area is 204 Å². The van der Waals surface area contributed by atoms with Crippen LogP contribution in [0, 0.1) is 13.8 Å². The van der Waals surface area contributed by atoms with Crippen molar-refractivity contribution in [2.75, 3.05) is 0 Å². The van der Waals surface area contributed by atoms with Crippen molar-refractivity contribution in [3.8, 4) is 22.8 Å². The van der Waals surface area contributed by atoms with Crippen molar-refractivity contribution < 1.29 is 4.74 Å². The lowest BCUT2D eigenvalue weighted by molar-refractivity contribution is 0.285. The van der Waals surface area contributed by atoms with Gasteiger partial charge < -0.3 is 4.74 Å². The van der Waals surface area contributed by atoms with E-state index in [-0.39, 0.29) is 27.9 Å². The van der Waals surface area contributed by atoms with Gasteiger partial charge in [0.05, 0.1) is 22.1 Å². The average Bonchev–Trinajstić information content (AvgIpc) is 3.20. The molecule has 0 bridgehead atoms. The Bertz CT molecular complexity index is 1370. The van der Waals surface area contributed by atoms with Crippen LogP contribution in [0.5, 0.6) is 5.88 Å². The van der Waals surface area contributed by atoms with Crippen molar-refractivity contribution in [2.45, 2.75) is 46.6 Å². The van der Waals surface area contributed by atoms with E-state index in [1.807, 2.05) is 42.6 Å². The van der Waals surface area contributed by atoms with Gasteiger partial charge in [-0.1, -0.05) is 32.9 Å². The van der Waals surface area contributed by atoms with Crippen LogP contribution in [0.1, 0.15) is 43.1 Å². The summed E-state index contributed by atoms with van der Waals surface area (Å²) in [7, 11) is 0. The second kappa shape index (κ2) is 9.15. The van der Waals surface area contributed by atoms with Crippen LogP contribution in [0.3, 0.4) is 0 Å². The van der Waals surface area contributed by atoms with E-state index in [4.69, 9.17) is 9.72 Å². The molecule has 1 aromatic carbocycles. The third-order valence-corrected chi connectivity index (χ3v) is 6.42. The van der Waals surface area contributed by atoms with Gasteiger partial charge in [-0.3, -0.25) is 9.36 Å². The van der Waals surface area contributed by atoms with E-state index >= 15 is 0 Å². The molecule has 0 saturated heterocycles. The molecular formula is C24H24BrN5O2S. The number of aromatic nitrogens is 5. The molecule has 170 valence electrons. The Morgan fingerprint density at radius 1 is 1.12 bits per heavy atom. The summed E-state index contributed by atoms with van der Waals surface area (Å²) in [4.78, 5) is 31.3. The standard InChI is InChI=1S/C24H24BrN5O2S/c1-14-27-21(32-12-17-13-33-15(2)28-17)20(25)22(31)30(14)18-8-6-7-16(11-18)19-9-10-26-23(29-19)24(3,4)5/h6-11,13H,12H2,1-5H3. The van der Waals surface area contributed by atoms with Crippen LogP contribution in [0.2, 0.25) is 0 Å². The SMILES string of the molecule is Cc1nc(COc2nc(C)n(-c3cccc(-c4ccnc(C(C)(C)C)n4)c3)c(=O)c2Br)cs1. The molecule has 0 amide bonds. The van der Waals surface area contributed by atoms with E-state index in [9.17, 15) is 4.79 Å². The number of rotatable bonds is 5. The zero-order chi connectivity index (χ0) is 23.8. The number of aryl methyl sites for hydroxylation is 2. The molecule has 0 unspecified atom stereocenters. The van der Waals surface area contributed by atoms with Gasteiger partial charge in [0.1, 0.15) is 22.7 Å². The zero-order valence-electron chi connectivity index (χ0n) is 19.1. The number of thiazole rings is 1. The van der Waals surface area contributed by atoms with Crippen molar-refractivity contribution in [3.05, 3.63) is 79.1 Å². The van der Waals surface area contributed by atoms with E-state index < -0.39 is 0 Å². The summed E-state index contributed by atoms with van der Waals surface area (Å²) in [6.45, 7) is 10.2. The predicted octanol–water partition coefficient (Wildman–Crippen LogP) is 5.40. The lowest BCUT2D eigenvalue weighted by Gasteiger charge is -2.17. The third kappa shape index (κ3) is 5.04. The Morgan fingerprint density at radius 3 is 2.61 bits per heavy atom. The van der Waals surface area contributed by atoms with E-state index in [2.05, 4.69) is 51.7 Å². The first-order chi connectivity index (χ1) is 15.6. The number of ether oxygens (including phenoxy) is 1. The van der Waals surface area contributed by atoms with Gasteiger partial charge in [-0.2, -0.15) is 4.98 Å². The number of halogens is 1. The Kier molecular flexibility index (Phi) is 6.45. The van der Waals surface area contributed by atoms with Gasteiger partial charge in [-0.15, -0.1) is 11.3 Å². The lowest BCUT2D eigenvalue weighted by Crippen LogP contribution is -2.24. The molecule has 7 nitrogen and oxygen atoms in total. The Morgan fingerprint density at radius 2 is 1.91 bits per heavy atom. The minimum Gasteiger partial charge on any atom is -0.470 e. The van der Waals surface area contributed by atoms with Crippen LogP contribution in [0.15, 0.2) is 51.2 Å². The molecule has 33 heavy (non-hydrogen) atoms. The minimum absolute atomic E-state index is 0.164. The molecule has 0 aliphatic carbocycles. The molecule has 0 atom stereocenters. The summed E-state index contributed by atoms with van der Waals surface area (Å²) in [6, 6.07) is 9.54. The highest BCUT2D eigenvalue weighted by Crippen LogP contribution is 2.26. The zero-order valence-corrected chi connectivity index (χ0v) is 21.5. The summed E-state index contributed by atoms with van der Waals surface area (Å²) < 4.78 is 7.60. The number of benzene rings is 1. The predicted molar refractivity (Wildman–Crippen MR) is 133 cm³/mol. The smallest absolute Gasteiger partial charge is 0.276 e. The summed E-state index contributed by atoms with van der Waals surface area (Å²) in [5.74, 6) is 1.53. The van der Waals surface area contributed by atoms with Crippen molar-refractivity contribution in [3.63, 3.8) is 0 Å². The van der Waals surface area contributed by atoms with Crippen molar-refractivity contribution in [2.24, 2.45) is 0 Å². The summed E-state index contributed by atoms with van der Waals surface area (Å²) >= 11 is 4.93. The van der Waals surface area contributed by atoms with Crippen LogP contribution in [-0.4, -0.2) is 24.5 Å². The summed E-state index contributed by atoms with van der Waals surface area (Å²) in [5.41, 5.74) is 2.78. The van der Waals surface area contributed by atoms with Crippen LogP contribution >= 0.6 is 27.3 Å². The first kappa shape index (κ1) is 23.3. The summed E-state index contributed by atoms with van der Waals surface area (Å²) in [5, 5.41) is 2.89. The van der Waals surface area contributed by atoms with Gasteiger partial charge in [-0.25, -0.2) is 15.0 Å². The maximum atomic E-state index is 13.2. The molecule has 3 aromatic heterocycles. The van der Waals surface area contributed by atoms with E-state index in [1.165, 1.54) is 0 Å². The van der Waals surface area contributed by atoms with Gasteiger partial charge in [0, 0.05) is 22.6 Å². The Hall–Kier alpha value is -2.91. The van der Waals surface area contributed by atoms with E-state index in [0.717, 1.165) is 27.8 Å². The lowest BCUT2D eigenvalue weighted by atomic mass is 9.95. The van der Waals surface area contributed by atoms with Crippen molar-refractivity contribution in [1.29, 1.82) is 0 Å². The minimum atomic E-state index is -0.248. The molecule has 0 spiro atoms. The van der Waals surface area contributed by atoms with E-state index in [1.54, 1.807) is 29.0 Å². The van der Waals surface area contributed by atoms with Crippen molar-refractivity contribution >= 4 is 27.3 Å². The van der Waals surface area contributed by atoms with Gasteiger partial charge in [0.2, 0.25) is 5.88 Å². The molecule has 0 aliphatic heterocycles. The van der Waals surface area contributed by atoms with Crippen LogP contribution in [-0.2, 0) is 12.0 Å². The third-order valence-electron chi connectivity index (χ3n) is 4.92. The Balaban J connectivity index is 1.69. The van der Waals surface area contributed by atoms with Crippen LogP contribution in [0.4, 0.5) is 0 Å². The fourth-order valence-corrected chi connectivity index (χ4v) is 4.26. The molecule has 4 aromatic rings. The summed E-state index contributed by atoms with van der Waals surface area (Å²) in [6.07, 6.45) is 1.77. The fraction of sp³-hybridized carbons (Fsp3) is 0.292. The second-order valence-corrected chi connectivity index (χ2v) is 10.5. The molecular weight excluding hydrogens is 502 g/mol. The number of nitrogens with zero attached hydrogens (tertiary/aromatic N) is 5. The largest absolute Gasteiger partial charge is 0.470 e. The van der Waals surface area contributed by atoms with Gasteiger partial charge >= 0.3 is 0 Å². The quantitative estimate of drug-likeness (QED) is 0.346. The van der Waals surface area contributed by atoms with E-state index in [0.29, 0.717) is 11.5 Å². The van der Waals surface area contributed by atoms with Crippen LogP contribution in [0.25, 0.3) is 16.9 Å². The monoisotopic (exact) mass is 525 g/mol. The van der Waals surface area contributed by atoms with Crippen molar-refractivity contribution in [1.82, 2.24) is 24.5 Å². The normalized spacial score (nSPS) is 11.6. The highest BCUT2D eigenvalue weighted by Gasteiger charge is 2.19. The van der Waals surface area contributed by atoms with Gasteiger partial charge in [-0.05, 0) is 48.0 Å². The highest BCUT2D eigenvalue weighted by atomic mass is 79.9. The second-order valence-electron chi connectivity index (χ2n) is 8.63. The number of hydrogen-bond donors (Lipinski definition) is 0. The highest BCUT2D eigenvalue weighted by molar-refractivity contribution is 9.10.